The maximum absolute atomic E-state index is 11.1. The van der Waals surface area contributed by atoms with Crippen molar-refractivity contribution in [3.63, 3.8) is 0 Å². The van der Waals surface area contributed by atoms with Gasteiger partial charge in [0, 0.05) is 25.2 Å². The Morgan fingerprint density at radius 2 is 0.976 bits per heavy atom. The summed E-state index contributed by atoms with van der Waals surface area (Å²) in [7, 11) is 0. The van der Waals surface area contributed by atoms with Crippen LogP contribution in [0.3, 0.4) is 0 Å². The SMILES string of the molecule is NCC1O[C@H](O[C@H]2C(N)C[C@@H](N)C(O)[C@@H]2O[C@@H]2O[C@H](CO)C(OC3OC(CN)[C@H](O)[C@@H](O)[C@@H]3N)[C@@H]2O)C(N)[C@H](O)[C@@H]1O. The molecule has 4 aliphatic rings. The van der Waals surface area contributed by atoms with Crippen molar-refractivity contribution in [1.82, 2.24) is 0 Å². The molecule has 0 bridgehead atoms. The molecule has 0 aromatic rings. The van der Waals surface area contributed by atoms with Crippen LogP contribution in [0.4, 0.5) is 0 Å². The van der Waals surface area contributed by atoms with Crippen LogP contribution in [0.15, 0.2) is 0 Å². The molecular weight excluding hydrogens is 568 g/mol. The van der Waals surface area contributed by atoms with Crippen molar-refractivity contribution in [2.75, 3.05) is 19.7 Å². The molecule has 19 nitrogen and oxygen atoms in total. The summed E-state index contributed by atoms with van der Waals surface area (Å²) in [5.74, 6) is 0. The normalized spacial score (nSPS) is 53.8. The predicted octanol–water partition coefficient (Wildman–Crippen LogP) is -8.90. The van der Waals surface area contributed by atoms with Crippen molar-refractivity contribution in [3.05, 3.63) is 0 Å². The Balaban J connectivity index is 1.50. The van der Waals surface area contributed by atoms with Crippen LogP contribution in [0.2, 0.25) is 0 Å². The molecule has 0 aromatic carbocycles. The number of hydrogen-bond acceptors (Lipinski definition) is 19. The van der Waals surface area contributed by atoms with Gasteiger partial charge in [0.1, 0.15) is 67.1 Å². The van der Waals surface area contributed by atoms with Crippen molar-refractivity contribution < 1.29 is 64.2 Å². The van der Waals surface area contributed by atoms with Gasteiger partial charge < -0.3 is 98.6 Å². The van der Waals surface area contributed by atoms with Crippen molar-refractivity contribution in [1.29, 1.82) is 0 Å². The Bertz CT molecular complexity index is 868. The predicted molar refractivity (Wildman–Crippen MR) is 138 cm³/mol. The summed E-state index contributed by atoms with van der Waals surface area (Å²) in [6.07, 6.45) is -19.8. The maximum atomic E-state index is 11.1. The van der Waals surface area contributed by atoms with Crippen molar-refractivity contribution >= 4 is 0 Å². The van der Waals surface area contributed by atoms with E-state index < -0.39 is 123 Å². The fourth-order valence-electron chi connectivity index (χ4n) is 5.74. The molecule has 0 aromatic heterocycles. The van der Waals surface area contributed by atoms with Crippen LogP contribution < -0.4 is 34.4 Å². The molecule has 7 unspecified atom stereocenters. The molecular formula is C23H46N6O13. The summed E-state index contributed by atoms with van der Waals surface area (Å²) in [6, 6.07) is -4.18. The second kappa shape index (κ2) is 14.1. The number of hydrogen-bond donors (Lipinski definition) is 13. The molecule has 0 amide bonds. The minimum absolute atomic E-state index is 0.0889. The molecule has 42 heavy (non-hydrogen) atoms. The highest BCUT2D eigenvalue weighted by Gasteiger charge is 2.54. The van der Waals surface area contributed by atoms with Gasteiger partial charge in [-0.2, -0.15) is 0 Å². The Kier molecular flexibility index (Phi) is 11.5. The van der Waals surface area contributed by atoms with E-state index in [0.717, 1.165) is 0 Å². The standard InChI is InChI=1S/C23H46N6O13/c24-2-7-13(32)15(34)10(28)21(37-7)40-18-6(27)1-5(26)12(31)20(18)42-23-17(36)19(9(4-30)39-23)41-22-11(29)16(35)14(33)8(3-25)38-22/h5-23,30-36H,1-4,24-29H2/t5-,6?,7?,8?,9-,10?,11+,12?,13-,14+,15+,16+,17+,18+,19?,20+,21-,22?,23+/m1/s1. The molecule has 4 fully saturated rings. The Morgan fingerprint density at radius 1 is 0.524 bits per heavy atom. The Morgan fingerprint density at radius 3 is 1.45 bits per heavy atom. The number of ether oxygens (including phenoxy) is 6. The number of aliphatic hydroxyl groups excluding tert-OH is 7. The zero-order chi connectivity index (χ0) is 31.0. The highest BCUT2D eigenvalue weighted by atomic mass is 16.8. The first kappa shape index (κ1) is 34.1. The fraction of sp³-hybridized carbons (Fsp3) is 1.00. The highest BCUT2D eigenvalue weighted by Crippen LogP contribution is 2.34. The Hall–Kier alpha value is -0.760. The van der Waals surface area contributed by atoms with Gasteiger partial charge in [-0.3, -0.25) is 0 Å². The molecule has 1 aliphatic carbocycles. The monoisotopic (exact) mass is 614 g/mol. The molecule has 19 atom stereocenters. The molecule has 3 aliphatic heterocycles. The Labute approximate surface area is 241 Å². The number of nitrogens with two attached hydrogens (primary N) is 6. The lowest BCUT2D eigenvalue weighted by atomic mass is 9.84. The lowest BCUT2D eigenvalue weighted by Crippen LogP contribution is -2.68. The first-order valence-electron chi connectivity index (χ1n) is 13.9. The van der Waals surface area contributed by atoms with Crippen molar-refractivity contribution in [2.24, 2.45) is 34.4 Å². The van der Waals surface area contributed by atoms with Crippen LogP contribution in [0.1, 0.15) is 6.42 Å². The van der Waals surface area contributed by atoms with Gasteiger partial charge in [-0.05, 0) is 6.42 Å². The number of aliphatic hydroxyl groups is 7. The van der Waals surface area contributed by atoms with Crippen LogP contribution in [0.5, 0.6) is 0 Å². The van der Waals surface area contributed by atoms with Crippen LogP contribution in [-0.2, 0) is 28.4 Å². The molecule has 0 spiro atoms. The van der Waals surface area contributed by atoms with E-state index in [1.165, 1.54) is 0 Å². The first-order chi connectivity index (χ1) is 19.8. The van der Waals surface area contributed by atoms with E-state index >= 15 is 0 Å². The fourth-order valence-corrected chi connectivity index (χ4v) is 5.74. The van der Waals surface area contributed by atoms with E-state index in [-0.39, 0.29) is 19.5 Å². The number of rotatable bonds is 9. The van der Waals surface area contributed by atoms with Gasteiger partial charge in [0.15, 0.2) is 18.9 Å². The summed E-state index contributed by atoms with van der Waals surface area (Å²) in [5.41, 5.74) is 35.6. The third-order valence-electron chi connectivity index (χ3n) is 8.37. The molecule has 0 radical (unpaired) electrons. The molecule has 3 saturated heterocycles. The second-order valence-corrected chi connectivity index (χ2v) is 11.2. The van der Waals surface area contributed by atoms with E-state index in [0.29, 0.717) is 0 Å². The molecule has 1 saturated carbocycles. The maximum Gasteiger partial charge on any atom is 0.187 e. The molecule has 246 valence electrons. The van der Waals surface area contributed by atoms with Gasteiger partial charge >= 0.3 is 0 Å². The quantitative estimate of drug-likeness (QED) is 0.115. The second-order valence-electron chi connectivity index (χ2n) is 11.2. The largest absolute Gasteiger partial charge is 0.394 e. The molecule has 4 rings (SSSR count). The van der Waals surface area contributed by atoms with Crippen LogP contribution in [0, 0.1) is 0 Å². The van der Waals surface area contributed by atoms with Crippen LogP contribution >= 0.6 is 0 Å². The smallest absolute Gasteiger partial charge is 0.187 e. The summed E-state index contributed by atoms with van der Waals surface area (Å²) in [5, 5.41) is 73.0. The lowest BCUT2D eigenvalue weighted by Gasteiger charge is -2.47. The molecule has 19 N–H and O–H groups in total. The minimum atomic E-state index is -1.60. The van der Waals surface area contributed by atoms with Crippen molar-refractivity contribution in [3.8, 4) is 0 Å². The van der Waals surface area contributed by atoms with Gasteiger partial charge in [-0.25, -0.2) is 0 Å². The summed E-state index contributed by atoms with van der Waals surface area (Å²) in [4.78, 5) is 0. The summed E-state index contributed by atoms with van der Waals surface area (Å²) < 4.78 is 34.6. The van der Waals surface area contributed by atoms with E-state index in [1.54, 1.807) is 0 Å². The first-order valence-corrected chi connectivity index (χ1v) is 13.9. The molecule has 3 heterocycles. The minimum Gasteiger partial charge on any atom is -0.394 e. The van der Waals surface area contributed by atoms with E-state index in [2.05, 4.69) is 0 Å². The van der Waals surface area contributed by atoms with E-state index in [4.69, 9.17) is 62.8 Å². The van der Waals surface area contributed by atoms with Crippen LogP contribution in [0.25, 0.3) is 0 Å². The van der Waals surface area contributed by atoms with Crippen LogP contribution in [-0.4, -0.2) is 172 Å². The summed E-state index contributed by atoms with van der Waals surface area (Å²) >= 11 is 0. The van der Waals surface area contributed by atoms with Gasteiger partial charge in [0.2, 0.25) is 0 Å². The zero-order valence-electron chi connectivity index (χ0n) is 22.8. The van der Waals surface area contributed by atoms with Gasteiger partial charge in [-0.15, -0.1) is 0 Å². The average molecular weight is 615 g/mol. The summed E-state index contributed by atoms with van der Waals surface area (Å²) in [6.45, 7) is -0.967. The molecule has 19 heteroatoms. The van der Waals surface area contributed by atoms with Crippen molar-refractivity contribution in [2.45, 2.75) is 123 Å². The van der Waals surface area contributed by atoms with Gasteiger partial charge in [-0.1, -0.05) is 0 Å². The van der Waals surface area contributed by atoms with E-state index in [9.17, 15) is 35.7 Å². The lowest BCUT2D eigenvalue weighted by molar-refractivity contribution is -0.306. The topological polar surface area (TPSA) is 353 Å². The van der Waals surface area contributed by atoms with Gasteiger partial charge in [0.25, 0.3) is 0 Å². The average Bonchev–Trinajstić information content (AvgIpc) is 3.27. The third kappa shape index (κ3) is 6.60. The van der Waals surface area contributed by atoms with E-state index in [1.807, 2.05) is 0 Å². The zero-order valence-corrected chi connectivity index (χ0v) is 22.8. The highest BCUT2D eigenvalue weighted by molar-refractivity contribution is 5.02. The third-order valence-corrected chi connectivity index (χ3v) is 8.37. The van der Waals surface area contributed by atoms with Gasteiger partial charge in [0.05, 0.1) is 24.8 Å².